The number of carboxylic acid groups (broad SMARTS) is 1. The highest BCUT2D eigenvalue weighted by molar-refractivity contribution is 5.64. The minimum atomic E-state index is -0.903. The fourth-order valence-corrected chi connectivity index (χ4v) is 4.60. The monoisotopic (exact) mass is 495 g/mol. The summed E-state index contributed by atoms with van der Waals surface area (Å²) in [4.78, 5) is 10.2. The van der Waals surface area contributed by atoms with Crippen LogP contribution in [-0.4, -0.2) is 20.1 Å². The molecule has 0 bridgehead atoms. The second-order valence-corrected chi connectivity index (χ2v) is 10.7. The van der Waals surface area contributed by atoms with Crippen LogP contribution in [0.4, 0.5) is 5.69 Å². The number of aliphatic carboxylic acids is 1. The summed E-state index contributed by atoms with van der Waals surface area (Å²) in [5, 5.41) is 10.2. The maximum absolute atomic E-state index is 10.2. The van der Waals surface area contributed by atoms with E-state index >= 15 is 0 Å². The van der Waals surface area contributed by atoms with Gasteiger partial charge in [-0.25, -0.2) is 0 Å². The fraction of sp³-hybridized carbons (Fsp3) is 0.606. The molecule has 2 aromatic carbocycles. The average Bonchev–Trinajstić information content (AvgIpc) is 2.87. The van der Waals surface area contributed by atoms with E-state index in [4.69, 9.17) is 0 Å². The number of rotatable bonds is 19. The third-order valence-electron chi connectivity index (χ3n) is 6.86. The van der Waals surface area contributed by atoms with E-state index in [0.717, 1.165) is 23.9 Å². The quantitative estimate of drug-likeness (QED) is 0.145. The van der Waals surface area contributed by atoms with Crippen LogP contribution in [0.15, 0.2) is 60.7 Å². The number of nitrogens with zero attached hydrogens (tertiary/aromatic N) is 1. The Morgan fingerprint density at radius 3 is 1.42 bits per heavy atom. The molecule has 202 valence electrons. The summed E-state index contributed by atoms with van der Waals surface area (Å²) in [6.45, 7) is 3.29. The first-order valence-corrected chi connectivity index (χ1v) is 14.6. The summed E-state index contributed by atoms with van der Waals surface area (Å²) in [5.74, 6) is -0.903. The maximum Gasteiger partial charge on any atom is 0.132 e. The van der Waals surface area contributed by atoms with Gasteiger partial charge in [0.25, 0.3) is 0 Å². The molecule has 0 heterocycles. The molecule has 0 aliphatic heterocycles. The Bertz CT molecular complexity index is 758. The first-order chi connectivity index (χ1) is 17.5. The van der Waals surface area contributed by atoms with Crippen LogP contribution in [-0.2, 0) is 11.3 Å². The molecule has 0 aliphatic rings. The Labute approximate surface area is 222 Å². The molecule has 0 N–H and O–H groups in total. The van der Waals surface area contributed by atoms with Crippen molar-refractivity contribution in [1.29, 1.82) is 0 Å². The highest BCUT2D eigenvalue weighted by atomic mass is 16.4. The number of benzene rings is 2. The number of unbranched alkanes of at least 4 members (excludes halogenated alkanes) is 14. The Kier molecular flexibility index (Phi) is 18.6. The van der Waals surface area contributed by atoms with Crippen molar-refractivity contribution in [1.82, 2.24) is 4.48 Å². The van der Waals surface area contributed by atoms with Crippen molar-refractivity contribution in [3.63, 3.8) is 0 Å². The zero-order valence-electron chi connectivity index (χ0n) is 23.6. The molecule has 36 heavy (non-hydrogen) atoms. The Hall–Kier alpha value is -2.13. The SMILES string of the molecule is CCCCCCCCCCCCCCCCCC(=O)[O-].C[N+](C)(Cc1ccccc1)c1ccccc1. The third-order valence-corrected chi connectivity index (χ3v) is 6.86. The number of carboxylic acids is 1. The normalized spacial score (nSPS) is 11.1. The van der Waals surface area contributed by atoms with Gasteiger partial charge in [0, 0.05) is 11.5 Å². The van der Waals surface area contributed by atoms with Gasteiger partial charge < -0.3 is 9.90 Å². The number of para-hydroxylation sites is 1. The highest BCUT2D eigenvalue weighted by Gasteiger charge is 2.18. The van der Waals surface area contributed by atoms with E-state index in [9.17, 15) is 9.90 Å². The van der Waals surface area contributed by atoms with E-state index in [0.29, 0.717) is 0 Å². The van der Waals surface area contributed by atoms with Gasteiger partial charge in [-0.15, -0.1) is 0 Å². The van der Waals surface area contributed by atoms with Gasteiger partial charge in [0.2, 0.25) is 0 Å². The Balaban J connectivity index is 0.000000367. The summed E-state index contributed by atoms with van der Waals surface area (Å²) in [6, 6.07) is 21.2. The predicted octanol–water partition coefficient (Wildman–Crippen LogP) is 8.45. The van der Waals surface area contributed by atoms with Crippen molar-refractivity contribution < 1.29 is 9.90 Å². The first-order valence-electron chi connectivity index (χ1n) is 14.6. The summed E-state index contributed by atoms with van der Waals surface area (Å²) in [6.07, 6.45) is 19.9. The molecule has 0 aliphatic carbocycles. The zero-order valence-corrected chi connectivity index (χ0v) is 23.6. The average molecular weight is 496 g/mol. The fourth-order valence-electron chi connectivity index (χ4n) is 4.60. The lowest BCUT2D eigenvalue weighted by Gasteiger charge is -2.29. The van der Waals surface area contributed by atoms with Crippen molar-refractivity contribution in [2.45, 2.75) is 116 Å². The third kappa shape index (κ3) is 17.3. The second kappa shape index (κ2) is 21.0. The van der Waals surface area contributed by atoms with E-state index in [-0.39, 0.29) is 6.42 Å². The molecule has 0 aromatic heterocycles. The largest absolute Gasteiger partial charge is 0.550 e. The molecule has 2 aromatic rings. The van der Waals surface area contributed by atoms with Gasteiger partial charge in [-0.05, 0) is 25.0 Å². The van der Waals surface area contributed by atoms with E-state index in [2.05, 4.69) is 81.7 Å². The van der Waals surface area contributed by atoms with E-state index in [1.165, 1.54) is 94.7 Å². The van der Waals surface area contributed by atoms with Gasteiger partial charge in [-0.2, -0.15) is 0 Å². The van der Waals surface area contributed by atoms with Gasteiger partial charge in [-0.1, -0.05) is 145 Å². The minimum absolute atomic E-state index is 0.234. The van der Waals surface area contributed by atoms with Crippen molar-refractivity contribution in [2.24, 2.45) is 0 Å². The van der Waals surface area contributed by atoms with Gasteiger partial charge in [0.15, 0.2) is 0 Å². The topological polar surface area (TPSA) is 40.1 Å². The number of hydrogen-bond donors (Lipinski definition) is 0. The number of carbonyl (C=O) groups is 1. The predicted molar refractivity (Wildman–Crippen MR) is 155 cm³/mol. The zero-order chi connectivity index (χ0) is 26.3. The van der Waals surface area contributed by atoms with Gasteiger partial charge in [0.05, 0.1) is 14.1 Å². The number of carbonyl (C=O) groups excluding carboxylic acids is 1. The van der Waals surface area contributed by atoms with Crippen LogP contribution in [0.2, 0.25) is 0 Å². The molecule has 0 fully saturated rings. The molecule has 0 spiro atoms. The van der Waals surface area contributed by atoms with Gasteiger partial charge in [-0.3, -0.25) is 4.48 Å². The Morgan fingerprint density at radius 1 is 0.611 bits per heavy atom. The summed E-state index contributed by atoms with van der Waals surface area (Å²) in [7, 11) is 4.48. The summed E-state index contributed by atoms with van der Waals surface area (Å²) >= 11 is 0. The van der Waals surface area contributed by atoms with Crippen molar-refractivity contribution in [2.75, 3.05) is 14.1 Å². The Morgan fingerprint density at radius 2 is 1.00 bits per heavy atom. The highest BCUT2D eigenvalue weighted by Crippen LogP contribution is 2.21. The minimum Gasteiger partial charge on any atom is -0.550 e. The van der Waals surface area contributed by atoms with Crippen LogP contribution in [0.3, 0.4) is 0 Å². The van der Waals surface area contributed by atoms with Crippen molar-refractivity contribution >= 4 is 11.7 Å². The van der Waals surface area contributed by atoms with E-state index in [1.54, 1.807) is 0 Å². The van der Waals surface area contributed by atoms with Gasteiger partial charge in [0.1, 0.15) is 12.2 Å². The van der Waals surface area contributed by atoms with Crippen LogP contribution in [0.5, 0.6) is 0 Å². The molecule has 3 heteroatoms. The lowest BCUT2D eigenvalue weighted by Crippen LogP contribution is -2.39. The van der Waals surface area contributed by atoms with Crippen LogP contribution in [0.1, 0.15) is 115 Å². The number of hydrogen-bond acceptors (Lipinski definition) is 2. The first kappa shape index (κ1) is 31.9. The molecule has 0 radical (unpaired) electrons. The van der Waals surface area contributed by atoms with Crippen molar-refractivity contribution in [3.8, 4) is 0 Å². The number of quaternary nitrogens is 1. The maximum atomic E-state index is 10.2. The molecule has 0 saturated heterocycles. The van der Waals surface area contributed by atoms with E-state index < -0.39 is 5.97 Å². The van der Waals surface area contributed by atoms with E-state index in [1.807, 2.05) is 0 Å². The molecule has 2 rings (SSSR count). The van der Waals surface area contributed by atoms with Crippen molar-refractivity contribution in [3.05, 3.63) is 66.2 Å². The second-order valence-electron chi connectivity index (χ2n) is 10.7. The van der Waals surface area contributed by atoms with Crippen LogP contribution in [0.25, 0.3) is 0 Å². The lowest BCUT2D eigenvalue weighted by molar-refractivity contribution is -0.305. The molecular weight excluding hydrogens is 442 g/mol. The molecule has 3 nitrogen and oxygen atoms in total. The summed E-state index contributed by atoms with van der Waals surface area (Å²) < 4.78 is 0.880. The molecular formula is C33H53NO2. The smallest absolute Gasteiger partial charge is 0.132 e. The molecule has 0 amide bonds. The van der Waals surface area contributed by atoms with Crippen LogP contribution < -0.4 is 9.59 Å². The van der Waals surface area contributed by atoms with Gasteiger partial charge >= 0.3 is 0 Å². The standard InChI is InChI=1S/C18H36O2.C15H18N/c1-2-3-4-5-6-7-8-9-10-11-12-13-14-15-16-17-18(19)20;1-16(2,15-11-7-4-8-12-15)13-14-9-5-3-6-10-14/h2-17H2,1H3,(H,19,20);3-12H,13H2,1-2H3/q;+1/p-1. The lowest BCUT2D eigenvalue weighted by atomic mass is 10.0. The summed E-state index contributed by atoms with van der Waals surface area (Å²) in [5.41, 5.74) is 2.71. The molecule has 0 saturated carbocycles. The van der Waals surface area contributed by atoms with Crippen LogP contribution >= 0.6 is 0 Å². The van der Waals surface area contributed by atoms with Crippen LogP contribution in [0, 0.1) is 0 Å². The molecule has 0 unspecified atom stereocenters. The molecule has 0 atom stereocenters.